The molecule has 1 aliphatic rings. The van der Waals surface area contributed by atoms with E-state index in [1.54, 1.807) is 0 Å². The molecule has 64 valence electrons. The van der Waals surface area contributed by atoms with E-state index in [1.807, 2.05) is 12.1 Å². The molecule has 2 rings (SSSR count). The predicted octanol–water partition coefficient (Wildman–Crippen LogP) is 2.80. The summed E-state index contributed by atoms with van der Waals surface area (Å²) in [6.07, 6.45) is 2.24. The highest BCUT2D eigenvalue weighted by atomic mass is 35.5. The van der Waals surface area contributed by atoms with Crippen LogP contribution in [0.2, 0.25) is 5.02 Å². The minimum Gasteiger partial charge on any atom is -0.377 e. The maximum atomic E-state index is 5.87. The first-order chi connectivity index (χ1) is 5.86. The highest BCUT2D eigenvalue weighted by Crippen LogP contribution is 2.20. The van der Waals surface area contributed by atoms with Gasteiger partial charge in [-0.25, -0.2) is 0 Å². The van der Waals surface area contributed by atoms with E-state index >= 15 is 0 Å². The van der Waals surface area contributed by atoms with Crippen LogP contribution in [0.5, 0.6) is 0 Å². The van der Waals surface area contributed by atoms with Crippen molar-refractivity contribution < 1.29 is 4.74 Å². The largest absolute Gasteiger partial charge is 0.377 e. The number of benzene rings is 1. The van der Waals surface area contributed by atoms with E-state index in [9.17, 15) is 0 Å². The van der Waals surface area contributed by atoms with Crippen molar-refractivity contribution in [3.63, 3.8) is 0 Å². The highest BCUT2D eigenvalue weighted by Gasteiger charge is 2.07. The quantitative estimate of drug-likeness (QED) is 0.600. The Morgan fingerprint density at radius 2 is 2.17 bits per heavy atom. The summed E-state index contributed by atoms with van der Waals surface area (Å²) in [7, 11) is 0. The second kappa shape index (κ2) is 3.46. The monoisotopic (exact) mass is 182 g/mol. The van der Waals surface area contributed by atoms with Gasteiger partial charge >= 0.3 is 0 Å². The highest BCUT2D eigenvalue weighted by molar-refractivity contribution is 6.30. The van der Waals surface area contributed by atoms with Crippen LogP contribution in [-0.4, -0.2) is 6.61 Å². The summed E-state index contributed by atoms with van der Waals surface area (Å²) in [6, 6.07) is 6.06. The Morgan fingerprint density at radius 1 is 1.25 bits per heavy atom. The Kier molecular flexibility index (Phi) is 2.33. The third-order valence-corrected chi connectivity index (χ3v) is 2.40. The first-order valence-corrected chi connectivity index (χ1v) is 4.59. The molecule has 0 unspecified atom stereocenters. The molecule has 1 nitrogen and oxygen atoms in total. The number of hydrogen-bond acceptors (Lipinski definition) is 1. The smallest absolute Gasteiger partial charge is 0.0720 e. The number of rotatable bonds is 0. The summed E-state index contributed by atoms with van der Waals surface area (Å²) < 4.78 is 5.42. The van der Waals surface area contributed by atoms with Crippen molar-refractivity contribution in [2.45, 2.75) is 19.4 Å². The fourth-order valence-electron chi connectivity index (χ4n) is 1.52. The van der Waals surface area contributed by atoms with Gasteiger partial charge in [-0.3, -0.25) is 0 Å². The van der Waals surface area contributed by atoms with Crippen molar-refractivity contribution in [3.8, 4) is 0 Å². The van der Waals surface area contributed by atoms with Crippen LogP contribution in [0.1, 0.15) is 17.5 Å². The molecule has 0 N–H and O–H groups in total. The zero-order chi connectivity index (χ0) is 8.39. The van der Waals surface area contributed by atoms with E-state index in [0.29, 0.717) is 0 Å². The minimum absolute atomic E-state index is 0.718. The van der Waals surface area contributed by atoms with Gasteiger partial charge in [0.25, 0.3) is 0 Å². The molecule has 0 amide bonds. The molecular weight excluding hydrogens is 172 g/mol. The normalized spacial score (nSPS) is 16.8. The van der Waals surface area contributed by atoms with Gasteiger partial charge < -0.3 is 4.74 Å². The molecule has 1 heterocycles. The first-order valence-electron chi connectivity index (χ1n) is 4.21. The molecule has 12 heavy (non-hydrogen) atoms. The fourth-order valence-corrected chi connectivity index (χ4v) is 1.71. The summed E-state index contributed by atoms with van der Waals surface area (Å²) in [4.78, 5) is 0. The number of ether oxygens (including phenoxy) is 1. The van der Waals surface area contributed by atoms with E-state index in [1.165, 1.54) is 11.1 Å². The van der Waals surface area contributed by atoms with Crippen LogP contribution in [-0.2, 0) is 17.8 Å². The van der Waals surface area contributed by atoms with Crippen molar-refractivity contribution in [2.24, 2.45) is 0 Å². The number of aryl methyl sites for hydroxylation is 1. The second-order valence-corrected chi connectivity index (χ2v) is 3.51. The van der Waals surface area contributed by atoms with Crippen molar-refractivity contribution in [1.82, 2.24) is 0 Å². The van der Waals surface area contributed by atoms with E-state index in [4.69, 9.17) is 16.3 Å². The van der Waals surface area contributed by atoms with Gasteiger partial charge in [0.1, 0.15) is 0 Å². The van der Waals surface area contributed by atoms with Crippen LogP contribution < -0.4 is 0 Å². The van der Waals surface area contributed by atoms with Gasteiger partial charge in [-0.2, -0.15) is 0 Å². The molecule has 0 spiro atoms. The summed E-state index contributed by atoms with van der Waals surface area (Å²) in [5, 5.41) is 0.805. The third kappa shape index (κ3) is 1.62. The summed E-state index contributed by atoms with van der Waals surface area (Å²) in [5.41, 5.74) is 2.64. The summed E-state index contributed by atoms with van der Waals surface area (Å²) in [6.45, 7) is 1.59. The Bertz CT molecular complexity index is 283. The predicted molar refractivity (Wildman–Crippen MR) is 49.4 cm³/mol. The summed E-state index contributed by atoms with van der Waals surface area (Å²) in [5.74, 6) is 0. The van der Waals surface area contributed by atoms with Gasteiger partial charge in [0, 0.05) is 11.6 Å². The number of hydrogen-bond donors (Lipinski definition) is 0. The minimum atomic E-state index is 0.718. The average molecular weight is 183 g/mol. The molecule has 0 atom stereocenters. The Balaban J connectivity index is 2.36. The topological polar surface area (TPSA) is 9.23 Å². The molecule has 1 aromatic rings. The van der Waals surface area contributed by atoms with E-state index in [0.717, 1.165) is 31.1 Å². The third-order valence-electron chi connectivity index (χ3n) is 2.16. The Labute approximate surface area is 77.3 Å². The molecule has 0 fully saturated rings. The van der Waals surface area contributed by atoms with Gasteiger partial charge in [-0.1, -0.05) is 17.7 Å². The summed E-state index contributed by atoms with van der Waals surface area (Å²) >= 11 is 5.87. The zero-order valence-electron chi connectivity index (χ0n) is 6.85. The van der Waals surface area contributed by atoms with Gasteiger partial charge in [-0.05, 0) is 36.1 Å². The Hall–Kier alpha value is -0.530. The maximum absolute atomic E-state index is 5.87. The second-order valence-electron chi connectivity index (χ2n) is 3.07. The lowest BCUT2D eigenvalue weighted by Gasteiger charge is -2.03. The van der Waals surface area contributed by atoms with Crippen LogP contribution in [0, 0.1) is 0 Å². The molecule has 2 heteroatoms. The lowest BCUT2D eigenvalue weighted by atomic mass is 10.0. The Morgan fingerprint density at radius 3 is 3.08 bits per heavy atom. The van der Waals surface area contributed by atoms with Gasteiger partial charge in [0.05, 0.1) is 6.61 Å². The number of halogens is 1. The maximum Gasteiger partial charge on any atom is 0.0720 e. The van der Waals surface area contributed by atoms with E-state index in [-0.39, 0.29) is 0 Å². The molecule has 1 aromatic carbocycles. The van der Waals surface area contributed by atoms with Crippen LogP contribution >= 0.6 is 11.6 Å². The van der Waals surface area contributed by atoms with Crippen molar-refractivity contribution in [3.05, 3.63) is 34.3 Å². The van der Waals surface area contributed by atoms with Gasteiger partial charge in [0.2, 0.25) is 0 Å². The zero-order valence-corrected chi connectivity index (χ0v) is 7.60. The standard InChI is InChI=1S/C10H11ClO/c11-10-4-3-8-2-1-5-12-7-9(8)6-10/h3-4,6H,1-2,5,7H2. The molecule has 0 radical (unpaired) electrons. The van der Waals surface area contributed by atoms with E-state index < -0.39 is 0 Å². The average Bonchev–Trinajstić information content (AvgIpc) is 2.28. The lowest BCUT2D eigenvalue weighted by molar-refractivity contribution is 0.125. The van der Waals surface area contributed by atoms with Crippen molar-refractivity contribution >= 4 is 11.6 Å². The SMILES string of the molecule is Clc1ccc2c(c1)COCCC2. The van der Waals surface area contributed by atoms with Crippen molar-refractivity contribution in [2.75, 3.05) is 6.61 Å². The molecule has 0 bridgehead atoms. The molecule has 0 saturated carbocycles. The fraction of sp³-hybridized carbons (Fsp3) is 0.400. The van der Waals surface area contributed by atoms with Crippen LogP contribution in [0.15, 0.2) is 18.2 Å². The van der Waals surface area contributed by atoms with Crippen LogP contribution in [0.25, 0.3) is 0 Å². The van der Waals surface area contributed by atoms with Gasteiger partial charge in [0.15, 0.2) is 0 Å². The lowest BCUT2D eigenvalue weighted by Crippen LogP contribution is -1.91. The van der Waals surface area contributed by atoms with Crippen LogP contribution in [0.3, 0.4) is 0 Å². The molecular formula is C10H11ClO. The van der Waals surface area contributed by atoms with E-state index in [2.05, 4.69) is 6.07 Å². The molecule has 0 aromatic heterocycles. The molecule has 0 saturated heterocycles. The molecule has 1 aliphatic heterocycles. The van der Waals surface area contributed by atoms with Gasteiger partial charge in [-0.15, -0.1) is 0 Å². The molecule has 0 aliphatic carbocycles. The number of fused-ring (bicyclic) bond motifs is 1. The van der Waals surface area contributed by atoms with Crippen molar-refractivity contribution in [1.29, 1.82) is 0 Å². The first kappa shape index (κ1) is 8.09. The van der Waals surface area contributed by atoms with Crippen LogP contribution in [0.4, 0.5) is 0 Å².